The van der Waals surface area contributed by atoms with Crippen molar-refractivity contribution in [3.05, 3.63) is 53.1 Å². The number of aryl methyl sites for hydroxylation is 1. The Morgan fingerprint density at radius 1 is 1.40 bits per heavy atom. The van der Waals surface area contributed by atoms with Crippen molar-refractivity contribution in [2.75, 3.05) is 6.54 Å². The van der Waals surface area contributed by atoms with Crippen molar-refractivity contribution >= 4 is 17.2 Å². The summed E-state index contributed by atoms with van der Waals surface area (Å²) in [6.07, 6.45) is 4.24. The molecular formula is C18H21N5OS. The molecule has 0 fully saturated rings. The van der Waals surface area contributed by atoms with Gasteiger partial charge in [0.2, 0.25) is 0 Å². The number of thiazole rings is 1. The quantitative estimate of drug-likeness (QED) is 0.738. The van der Waals surface area contributed by atoms with Crippen molar-refractivity contribution in [3.8, 4) is 10.6 Å². The van der Waals surface area contributed by atoms with Crippen LogP contribution in [0.2, 0.25) is 0 Å². The Labute approximate surface area is 150 Å². The Balaban J connectivity index is 1.56. The molecular weight excluding hydrogens is 334 g/mol. The normalized spacial score (nSPS) is 11.0. The third-order valence-corrected chi connectivity index (χ3v) is 4.79. The van der Waals surface area contributed by atoms with E-state index in [4.69, 9.17) is 0 Å². The number of pyridine rings is 1. The van der Waals surface area contributed by atoms with E-state index in [1.165, 1.54) is 0 Å². The highest BCUT2D eigenvalue weighted by Gasteiger charge is 2.14. The summed E-state index contributed by atoms with van der Waals surface area (Å²) in [6, 6.07) is 5.74. The summed E-state index contributed by atoms with van der Waals surface area (Å²) >= 11 is 1.59. The second kappa shape index (κ2) is 7.57. The molecule has 0 aliphatic heterocycles. The van der Waals surface area contributed by atoms with Gasteiger partial charge in [-0.05, 0) is 24.1 Å². The molecule has 1 N–H and O–H groups in total. The lowest BCUT2D eigenvalue weighted by Gasteiger charge is -2.03. The average Bonchev–Trinajstić information content (AvgIpc) is 3.22. The lowest BCUT2D eigenvalue weighted by molar-refractivity contribution is 0.0944. The average molecular weight is 355 g/mol. The molecule has 0 aliphatic rings. The number of nitrogens with zero attached hydrogens (tertiary/aromatic N) is 4. The SMILES string of the molecule is CC(C)c1cc(C(=O)NCCc2csc(-c3cccnc3)n2)n(C)n1. The van der Waals surface area contributed by atoms with Gasteiger partial charge in [-0.2, -0.15) is 5.10 Å². The van der Waals surface area contributed by atoms with Crippen LogP contribution in [-0.4, -0.2) is 32.2 Å². The molecule has 0 bridgehead atoms. The highest BCUT2D eigenvalue weighted by atomic mass is 32.1. The predicted molar refractivity (Wildman–Crippen MR) is 98.7 cm³/mol. The summed E-state index contributed by atoms with van der Waals surface area (Å²) < 4.78 is 1.63. The first-order valence-corrected chi connectivity index (χ1v) is 9.09. The zero-order valence-electron chi connectivity index (χ0n) is 14.6. The second-order valence-corrected chi connectivity index (χ2v) is 6.98. The molecule has 3 heterocycles. The fraction of sp³-hybridized carbons (Fsp3) is 0.333. The minimum atomic E-state index is -0.107. The fourth-order valence-electron chi connectivity index (χ4n) is 2.42. The molecule has 3 aromatic rings. The van der Waals surface area contributed by atoms with E-state index < -0.39 is 0 Å². The first kappa shape index (κ1) is 17.3. The topological polar surface area (TPSA) is 72.7 Å². The van der Waals surface area contributed by atoms with Crippen molar-refractivity contribution in [1.82, 2.24) is 25.1 Å². The Morgan fingerprint density at radius 3 is 2.92 bits per heavy atom. The standard InChI is InChI=1S/C18H21N5OS/c1-12(2)15-9-16(23(3)22-15)17(24)20-8-6-14-11-25-18(21-14)13-5-4-7-19-10-13/h4-5,7,9-12H,6,8H2,1-3H3,(H,20,24). The van der Waals surface area contributed by atoms with E-state index in [1.54, 1.807) is 35.5 Å². The molecule has 0 saturated carbocycles. The van der Waals surface area contributed by atoms with E-state index in [0.29, 0.717) is 24.6 Å². The van der Waals surface area contributed by atoms with Crippen LogP contribution in [0, 0.1) is 0 Å². The summed E-state index contributed by atoms with van der Waals surface area (Å²) in [5.74, 6) is 0.193. The van der Waals surface area contributed by atoms with Crippen LogP contribution >= 0.6 is 11.3 Å². The molecule has 130 valence electrons. The molecule has 3 aromatic heterocycles. The smallest absolute Gasteiger partial charge is 0.269 e. The third kappa shape index (κ3) is 4.11. The molecule has 1 amide bonds. The molecule has 6 nitrogen and oxygen atoms in total. The molecule has 0 aromatic carbocycles. The van der Waals surface area contributed by atoms with Gasteiger partial charge in [0.1, 0.15) is 10.7 Å². The summed E-state index contributed by atoms with van der Waals surface area (Å²) in [5, 5.41) is 10.3. The lowest BCUT2D eigenvalue weighted by Crippen LogP contribution is -2.27. The van der Waals surface area contributed by atoms with Gasteiger partial charge in [-0.3, -0.25) is 14.5 Å². The van der Waals surface area contributed by atoms with Crippen LogP contribution in [0.4, 0.5) is 0 Å². The monoisotopic (exact) mass is 355 g/mol. The van der Waals surface area contributed by atoms with Crippen molar-refractivity contribution in [3.63, 3.8) is 0 Å². The van der Waals surface area contributed by atoms with Crippen LogP contribution in [0.15, 0.2) is 36.0 Å². The molecule has 0 aliphatic carbocycles. The van der Waals surface area contributed by atoms with Crippen LogP contribution in [0.5, 0.6) is 0 Å². The zero-order valence-corrected chi connectivity index (χ0v) is 15.4. The highest BCUT2D eigenvalue weighted by Crippen LogP contribution is 2.22. The number of hydrogen-bond donors (Lipinski definition) is 1. The highest BCUT2D eigenvalue weighted by molar-refractivity contribution is 7.13. The van der Waals surface area contributed by atoms with Crippen LogP contribution in [0.25, 0.3) is 10.6 Å². The Morgan fingerprint density at radius 2 is 2.24 bits per heavy atom. The molecule has 0 unspecified atom stereocenters. The van der Waals surface area contributed by atoms with Gasteiger partial charge in [0.25, 0.3) is 5.91 Å². The Bertz CT molecular complexity index is 853. The second-order valence-electron chi connectivity index (χ2n) is 6.12. The Hall–Kier alpha value is -2.54. The van der Waals surface area contributed by atoms with Crippen molar-refractivity contribution < 1.29 is 4.79 Å². The minimum absolute atomic E-state index is 0.107. The van der Waals surface area contributed by atoms with Gasteiger partial charge in [0.15, 0.2) is 0 Å². The number of carbonyl (C=O) groups is 1. The molecule has 0 spiro atoms. The summed E-state index contributed by atoms with van der Waals surface area (Å²) in [5.41, 5.74) is 3.49. The van der Waals surface area contributed by atoms with E-state index in [-0.39, 0.29) is 5.91 Å². The minimum Gasteiger partial charge on any atom is -0.350 e. The maximum atomic E-state index is 12.3. The fourth-order valence-corrected chi connectivity index (χ4v) is 3.27. The van der Waals surface area contributed by atoms with Gasteiger partial charge in [-0.25, -0.2) is 4.98 Å². The molecule has 0 radical (unpaired) electrons. The van der Waals surface area contributed by atoms with E-state index in [1.807, 2.05) is 23.6 Å². The largest absolute Gasteiger partial charge is 0.350 e. The maximum absolute atomic E-state index is 12.3. The summed E-state index contributed by atoms with van der Waals surface area (Å²) in [4.78, 5) is 21.0. The van der Waals surface area contributed by atoms with Crippen molar-refractivity contribution in [2.24, 2.45) is 7.05 Å². The van der Waals surface area contributed by atoms with Gasteiger partial charge in [0.05, 0.1) is 11.4 Å². The summed E-state index contributed by atoms with van der Waals surface area (Å²) in [6.45, 7) is 4.66. The van der Waals surface area contributed by atoms with Crippen molar-refractivity contribution in [1.29, 1.82) is 0 Å². The third-order valence-electron chi connectivity index (χ3n) is 3.85. The molecule has 25 heavy (non-hydrogen) atoms. The van der Waals surface area contributed by atoms with E-state index in [2.05, 4.69) is 34.2 Å². The number of hydrogen-bond acceptors (Lipinski definition) is 5. The van der Waals surface area contributed by atoms with Gasteiger partial charge in [-0.1, -0.05) is 13.8 Å². The van der Waals surface area contributed by atoms with Crippen molar-refractivity contribution in [2.45, 2.75) is 26.2 Å². The van der Waals surface area contributed by atoms with E-state index in [0.717, 1.165) is 22.0 Å². The number of aromatic nitrogens is 4. The van der Waals surface area contributed by atoms with E-state index in [9.17, 15) is 4.79 Å². The van der Waals surface area contributed by atoms with Crippen LogP contribution < -0.4 is 5.32 Å². The van der Waals surface area contributed by atoms with Crippen LogP contribution in [-0.2, 0) is 13.5 Å². The molecule has 7 heteroatoms. The van der Waals surface area contributed by atoms with Gasteiger partial charge in [0, 0.05) is 43.4 Å². The van der Waals surface area contributed by atoms with Gasteiger partial charge in [-0.15, -0.1) is 11.3 Å². The summed E-state index contributed by atoms with van der Waals surface area (Å²) in [7, 11) is 1.79. The first-order valence-electron chi connectivity index (χ1n) is 8.21. The Kier molecular flexibility index (Phi) is 5.23. The van der Waals surface area contributed by atoms with Crippen LogP contribution in [0.1, 0.15) is 41.6 Å². The number of rotatable bonds is 6. The van der Waals surface area contributed by atoms with Gasteiger partial charge >= 0.3 is 0 Å². The van der Waals surface area contributed by atoms with Gasteiger partial charge < -0.3 is 5.32 Å². The first-order chi connectivity index (χ1) is 12.0. The zero-order chi connectivity index (χ0) is 17.8. The van der Waals surface area contributed by atoms with E-state index >= 15 is 0 Å². The number of nitrogens with one attached hydrogen (secondary N) is 1. The number of carbonyl (C=O) groups excluding carboxylic acids is 1. The maximum Gasteiger partial charge on any atom is 0.269 e. The molecule has 0 atom stereocenters. The molecule has 3 rings (SSSR count). The van der Waals surface area contributed by atoms with Crippen LogP contribution in [0.3, 0.4) is 0 Å². The lowest BCUT2D eigenvalue weighted by atomic mass is 10.1. The molecule has 0 saturated heterocycles. The predicted octanol–water partition coefficient (Wildman–Crippen LogP) is 3.03. The number of amides is 1.